The third kappa shape index (κ3) is 3.13. The SMILES string of the molecule is CC(C)(C)c1ccc(O[C](=[Cr])c2ccco2)cc1. The van der Waals surface area contributed by atoms with Crippen molar-refractivity contribution in [3.63, 3.8) is 0 Å². The third-order valence-corrected chi connectivity index (χ3v) is 3.10. The van der Waals surface area contributed by atoms with Gasteiger partial charge in [0, 0.05) is 0 Å². The van der Waals surface area contributed by atoms with Crippen LogP contribution in [0.1, 0.15) is 32.1 Å². The summed E-state index contributed by atoms with van der Waals surface area (Å²) in [6.07, 6.45) is 1.62. The van der Waals surface area contributed by atoms with Crippen LogP contribution in [0.25, 0.3) is 0 Å². The average Bonchev–Trinajstić information content (AvgIpc) is 2.82. The molecule has 0 radical (unpaired) electrons. The van der Waals surface area contributed by atoms with Crippen LogP contribution >= 0.6 is 0 Å². The Morgan fingerprint density at radius 3 is 2.28 bits per heavy atom. The van der Waals surface area contributed by atoms with Crippen LogP contribution in [0.4, 0.5) is 0 Å². The predicted molar refractivity (Wildman–Crippen MR) is 68.6 cm³/mol. The first-order valence-corrected chi connectivity index (χ1v) is 6.47. The number of rotatable bonds is 3. The second-order valence-electron chi connectivity index (χ2n) is 5.14. The molecule has 1 aromatic heterocycles. The van der Waals surface area contributed by atoms with Gasteiger partial charge in [-0.25, -0.2) is 0 Å². The Bertz CT molecular complexity index is 519. The molecular formula is C15H16CrO2. The fraction of sp³-hybridized carbons (Fsp3) is 0.267. The molecule has 0 aliphatic rings. The van der Waals surface area contributed by atoms with Crippen molar-refractivity contribution < 1.29 is 25.0 Å². The van der Waals surface area contributed by atoms with Gasteiger partial charge in [0.05, 0.1) is 0 Å². The second kappa shape index (κ2) is 5.14. The molecule has 2 rings (SSSR count). The fourth-order valence-corrected chi connectivity index (χ4v) is 1.91. The van der Waals surface area contributed by atoms with Gasteiger partial charge in [0.25, 0.3) is 0 Å². The average molecular weight is 280 g/mol. The molecule has 0 aliphatic heterocycles. The van der Waals surface area contributed by atoms with Crippen molar-refractivity contribution in [1.29, 1.82) is 0 Å². The number of hydrogen-bond donors (Lipinski definition) is 0. The molecule has 0 amide bonds. The molecule has 3 heteroatoms. The molecule has 0 unspecified atom stereocenters. The molecule has 0 aliphatic carbocycles. The molecule has 0 atom stereocenters. The molecular weight excluding hydrogens is 264 g/mol. The van der Waals surface area contributed by atoms with Gasteiger partial charge in [-0.15, -0.1) is 0 Å². The van der Waals surface area contributed by atoms with Crippen LogP contribution in [-0.4, -0.2) is 4.57 Å². The van der Waals surface area contributed by atoms with E-state index in [1.165, 1.54) is 5.56 Å². The summed E-state index contributed by atoms with van der Waals surface area (Å²) in [6, 6.07) is 11.8. The molecule has 1 heterocycles. The van der Waals surface area contributed by atoms with Crippen LogP contribution in [0.5, 0.6) is 5.75 Å². The summed E-state index contributed by atoms with van der Waals surface area (Å²) >= 11 is 2.87. The summed E-state index contributed by atoms with van der Waals surface area (Å²) in [7, 11) is 0. The van der Waals surface area contributed by atoms with Gasteiger partial charge in [0.1, 0.15) is 0 Å². The predicted octanol–water partition coefficient (Wildman–Crippen LogP) is 3.68. The second-order valence-corrected chi connectivity index (χ2v) is 5.72. The van der Waals surface area contributed by atoms with E-state index in [-0.39, 0.29) is 5.41 Å². The van der Waals surface area contributed by atoms with E-state index in [4.69, 9.17) is 9.15 Å². The first kappa shape index (κ1) is 13.1. The minimum atomic E-state index is 0.157. The third-order valence-electron chi connectivity index (χ3n) is 2.65. The van der Waals surface area contributed by atoms with Crippen LogP contribution in [0.2, 0.25) is 0 Å². The summed E-state index contributed by atoms with van der Waals surface area (Å²) in [5.41, 5.74) is 1.44. The van der Waals surface area contributed by atoms with Crippen molar-refractivity contribution in [2.75, 3.05) is 0 Å². The Labute approximate surface area is 116 Å². The van der Waals surface area contributed by atoms with Gasteiger partial charge < -0.3 is 0 Å². The molecule has 94 valence electrons. The molecule has 0 spiro atoms. The number of hydrogen-bond acceptors (Lipinski definition) is 2. The molecule has 0 saturated carbocycles. The first-order valence-electron chi connectivity index (χ1n) is 5.83. The zero-order chi connectivity index (χ0) is 13.2. The molecule has 0 fully saturated rings. The van der Waals surface area contributed by atoms with E-state index < -0.39 is 0 Å². The van der Waals surface area contributed by atoms with Crippen molar-refractivity contribution in [2.45, 2.75) is 26.2 Å². The van der Waals surface area contributed by atoms with E-state index in [1.54, 1.807) is 6.26 Å². The van der Waals surface area contributed by atoms with Crippen LogP contribution in [0.3, 0.4) is 0 Å². The molecule has 18 heavy (non-hydrogen) atoms. The van der Waals surface area contributed by atoms with Gasteiger partial charge in [-0.3, -0.25) is 0 Å². The van der Waals surface area contributed by atoms with Crippen molar-refractivity contribution >= 4 is 4.57 Å². The fourth-order valence-electron chi connectivity index (χ4n) is 1.58. The van der Waals surface area contributed by atoms with Gasteiger partial charge in [-0.1, -0.05) is 0 Å². The Balaban J connectivity index is 2.09. The molecule has 0 saturated heterocycles. The molecule has 2 aromatic rings. The number of furan rings is 1. The monoisotopic (exact) mass is 280 g/mol. The van der Waals surface area contributed by atoms with Gasteiger partial charge in [-0.05, 0) is 0 Å². The van der Waals surface area contributed by atoms with Gasteiger partial charge in [0.2, 0.25) is 0 Å². The van der Waals surface area contributed by atoms with Crippen LogP contribution in [0, 0.1) is 0 Å². The maximum atomic E-state index is 5.69. The minimum absolute atomic E-state index is 0.157. The molecule has 2 nitrogen and oxygen atoms in total. The standard InChI is InChI=1S/C15H16O2.Cr/c1-15(2,3)12-6-8-13(9-7-12)17-11-14-5-4-10-16-14;/h4-10H,1-3H3;. The van der Waals surface area contributed by atoms with Crippen molar-refractivity contribution in [3.8, 4) is 5.75 Å². The molecule has 0 N–H and O–H groups in total. The summed E-state index contributed by atoms with van der Waals surface area (Å²) in [5.74, 6) is 1.50. The Morgan fingerprint density at radius 2 is 1.78 bits per heavy atom. The normalized spacial score (nSPS) is 11.3. The number of ether oxygens (including phenoxy) is 1. The Morgan fingerprint density at radius 1 is 1.11 bits per heavy atom. The summed E-state index contributed by atoms with van der Waals surface area (Å²) in [6.45, 7) is 6.57. The van der Waals surface area contributed by atoms with E-state index in [0.29, 0.717) is 10.3 Å². The number of benzene rings is 1. The van der Waals surface area contributed by atoms with Gasteiger partial charge >= 0.3 is 115 Å². The summed E-state index contributed by atoms with van der Waals surface area (Å²) in [4.78, 5) is 0. The van der Waals surface area contributed by atoms with E-state index in [0.717, 1.165) is 5.75 Å². The zero-order valence-electron chi connectivity index (χ0n) is 10.8. The molecule has 0 bridgehead atoms. The van der Waals surface area contributed by atoms with E-state index >= 15 is 0 Å². The van der Waals surface area contributed by atoms with Crippen LogP contribution < -0.4 is 4.74 Å². The van der Waals surface area contributed by atoms with E-state index in [1.807, 2.05) is 24.3 Å². The zero-order valence-corrected chi connectivity index (χ0v) is 12.0. The Kier molecular flexibility index (Phi) is 3.75. The topological polar surface area (TPSA) is 22.4 Å². The van der Waals surface area contributed by atoms with E-state index in [9.17, 15) is 0 Å². The van der Waals surface area contributed by atoms with Gasteiger partial charge in [-0.2, -0.15) is 0 Å². The summed E-state index contributed by atoms with van der Waals surface area (Å²) in [5, 5.41) is 0. The van der Waals surface area contributed by atoms with Crippen LogP contribution in [0.15, 0.2) is 47.1 Å². The maximum absolute atomic E-state index is 5.69. The molecule has 1 aromatic carbocycles. The van der Waals surface area contributed by atoms with Crippen molar-refractivity contribution in [2.24, 2.45) is 0 Å². The quantitative estimate of drug-likeness (QED) is 0.855. The first-order chi connectivity index (χ1) is 8.47. The summed E-state index contributed by atoms with van der Waals surface area (Å²) < 4.78 is 11.6. The van der Waals surface area contributed by atoms with Crippen LogP contribution in [-0.2, 0) is 21.3 Å². The van der Waals surface area contributed by atoms with Crippen molar-refractivity contribution in [1.82, 2.24) is 0 Å². The van der Waals surface area contributed by atoms with E-state index in [2.05, 4.69) is 48.8 Å². The van der Waals surface area contributed by atoms with Crippen molar-refractivity contribution in [3.05, 3.63) is 54.0 Å². The van der Waals surface area contributed by atoms with Gasteiger partial charge in [0.15, 0.2) is 0 Å². The Hall–Kier alpha value is -1.30.